The van der Waals surface area contributed by atoms with E-state index >= 15 is 0 Å². The summed E-state index contributed by atoms with van der Waals surface area (Å²) >= 11 is 0. The average Bonchev–Trinajstić information content (AvgIpc) is 2.95. The molecule has 1 aromatic heterocycles. The van der Waals surface area contributed by atoms with Crippen LogP contribution in [0.3, 0.4) is 0 Å². The Morgan fingerprint density at radius 3 is 2.35 bits per heavy atom. The van der Waals surface area contributed by atoms with Gasteiger partial charge in [-0.05, 0) is 57.8 Å². The monoisotopic (exact) mass is 358 g/mol. The molecule has 2 bridgehead atoms. The molecule has 4 fully saturated rings. The van der Waals surface area contributed by atoms with Crippen LogP contribution in [0.1, 0.15) is 66.6 Å². The number of carbonyl (C=O) groups excluding carboxylic acids is 2. The van der Waals surface area contributed by atoms with E-state index in [2.05, 4.69) is 5.32 Å². The highest BCUT2D eigenvalue weighted by Crippen LogP contribution is 2.45. The van der Waals surface area contributed by atoms with E-state index in [0.717, 1.165) is 30.7 Å². The smallest absolute Gasteiger partial charge is 0.257 e. The highest BCUT2D eigenvalue weighted by molar-refractivity contribution is 5.96. The van der Waals surface area contributed by atoms with Gasteiger partial charge in [0.1, 0.15) is 5.76 Å². The Morgan fingerprint density at radius 2 is 1.81 bits per heavy atom. The first-order valence-electron chi connectivity index (χ1n) is 10.1. The van der Waals surface area contributed by atoms with Crippen molar-refractivity contribution in [3.63, 3.8) is 0 Å². The third kappa shape index (κ3) is 3.06. The molecule has 0 aliphatic heterocycles. The molecule has 1 N–H and O–H groups in total. The second-order valence-electron chi connectivity index (χ2n) is 8.72. The van der Waals surface area contributed by atoms with Crippen molar-refractivity contribution in [2.75, 3.05) is 7.05 Å². The van der Waals surface area contributed by atoms with Crippen molar-refractivity contribution in [2.45, 2.75) is 70.9 Å². The van der Waals surface area contributed by atoms with Crippen molar-refractivity contribution in [3.8, 4) is 0 Å². The minimum atomic E-state index is 0.0214. The zero-order valence-electron chi connectivity index (χ0n) is 16.1. The molecule has 5 nitrogen and oxygen atoms in total. The summed E-state index contributed by atoms with van der Waals surface area (Å²) in [5.74, 6) is 2.57. The molecule has 0 radical (unpaired) electrons. The van der Waals surface area contributed by atoms with Crippen LogP contribution in [-0.2, 0) is 4.79 Å². The van der Waals surface area contributed by atoms with Crippen LogP contribution in [0.2, 0.25) is 0 Å². The van der Waals surface area contributed by atoms with E-state index in [1.54, 1.807) is 6.26 Å². The van der Waals surface area contributed by atoms with Gasteiger partial charge in [-0.3, -0.25) is 9.59 Å². The summed E-state index contributed by atoms with van der Waals surface area (Å²) < 4.78 is 5.36. The van der Waals surface area contributed by atoms with E-state index in [1.165, 1.54) is 25.7 Å². The molecule has 5 rings (SSSR count). The molecule has 1 unspecified atom stereocenters. The Morgan fingerprint density at radius 1 is 1.12 bits per heavy atom. The van der Waals surface area contributed by atoms with Gasteiger partial charge in [0.25, 0.3) is 5.91 Å². The highest BCUT2D eigenvalue weighted by Gasteiger charge is 2.42. The fraction of sp³-hybridized carbons (Fsp3) is 0.714. The molecule has 2 amide bonds. The molecule has 1 heterocycles. The van der Waals surface area contributed by atoms with Gasteiger partial charge in [-0.2, -0.15) is 0 Å². The first kappa shape index (κ1) is 17.6. The molecular formula is C21H30N2O3. The fourth-order valence-electron chi connectivity index (χ4n) is 5.26. The highest BCUT2D eigenvalue weighted by atomic mass is 16.3. The molecule has 0 spiro atoms. The lowest BCUT2D eigenvalue weighted by atomic mass is 9.64. The van der Waals surface area contributed by atoms with Crippen molar-refractivity contribution < 1.29 is 14.0 Å². The second kappa shape index (κ2) is 6.75. The van der Waals surface area contributed by atoms with Crippen LogP contribution in [0, 0.1) is 31.6 Å². The molecular weight excluding hydrogens is 328 g/mol. The maximum atomic E-state index is 12.7. The summed E-state index contributed by atoms with van der Waals surface area (Å²) in [5, 5.41) is 3.26. The van der Waals surface area contributed by atoms with Crippen LogP contribution >= 0.6 is 0 Å². The normalized spacial score (nSPS) is 32.8. The van der Waals surface area contributed by atoms with Gasteiger partial charge >= 0.3 is 0 Å². The lowest BCUT2D eigenvalue weighted by Crippen LogP contribution is -2.56. The third-order valence-electron chi connectivity index (χ3n) is 7.08. The Kier molecular flexibility index (Phi) is 4.57. The van der Waals surface area contributed by atoms with Crippen molar-refractivity contribution in [1.29, 1.82) is 0 Å². The number of nitrogens with zero attached hydrogens (tertiary/aromatic N) is 1. The van der Waals surface area contributed by atoms with Gasteiger partial charge in [0.05, 0.1) is 11.8 Å². The number of nitrogens with one attached hydrogen (secondary N) is 1. The summed E-state index contributed by atoms with van der Waals surface area (Å²) in [6, 6.07) is 0.416. The van der Waals surface area contributed by atoms with Gasteiger partial charge in [-0.1, -0.05) is 12.8 Å². The van der Waals surface area contributed by atoms with Crippen molar-refractivity contribution in [3.05, 3.63) is 23.2 Å². The molecule has 0 saturated heterocycles. The van der Waals surface area contributed by atoms with Crippen LogP contribution in [0.15, 0.2) is 10.7 Å². The Hall–Kier alpha value is -1.78. The Bertz CT molecular complexity index is 677. The second-order valence-corrected chi connectivity index (χ2v) is 8.72. The number of aryl methyl sites for hydroxylation is 2. The number of furan rings is 1. The van der Waals surface area contributed by atoms with E-state index in [9.17, 15) is 9.59 Å². The number of carbonyl (C=O) groups is 2. The zero-order valence-corrected chi connectivity index (χ0v) is 16.1. The molecule has 142 valence electrons. The minimum Gasteiger partial charge on any atom is -0.469 e. The summed E-state index contributed by atoms with van der Waals surface area (Å²) in [5.41, 5.74) is 1.56. The largest absolute Gasteiger partial charge is 0.469 e. The van der Waals surface area contributed by atoms with Crippen molar-refractivity contribution in [2.24, 2.45) is 17.8 Å². The number of rotatable bonds is 4. The lowest BCUT2D eigenvalue weighted by Gasteiger charge is -2.45. The van der Waals surface area contributed by atoms with Gasteiger partial charge in [0.15, 0.2) is 0 Å². The molecule has 0 aromatic carbocycles. The minimum absolute atomic E-state index is 0.0214. The Labute approximate surface area is 155 Å². The standard InChI is InChI=1S/C21H30N2O3/c1-12-11-26-13(2)19(12)21(25)23(3)17-9-16(10-17)22-20(24)18-8-14-4-6-15(18)7-5-14/h11,14-18H,4-10H2,1-3H3,(H,22,24). The van der Waals surface area contributed by atoms with Crippen LogP contribution in [0.4, 0.5) is 0 Å². The summed E-state index contributed by atoms with van der Waals surface area (Å²) in [6.07, 6.45) is 9.53. The van der Waals surface area contributed by atoms with Crippen LogP contribution in [-0.4, -0.2) is 35.8 Å². The quantitative estimate of drug-likeness (QED) is 0.897. The first-order chi connectivity index (χ1) is 12.4. The molecule has 4 aliphatic rings. The van der Waals surface area contributed by atoms with Crippen molar-refractivity contribution >= 4 is 11.8 Å². The number of hydrogen-bond acceptors (Lipinski definition) is 3. The van der Waals surface area contributed by atoms with Crippen LogP contribution in [0.5, 0.6) is 0 Å². The van der Waals surface area contributed by atoms with Gasteiger partial charge in [-0.25, -0.2) is 0 Å². The zero-order chi connectivity index (χ0) is 18.4. The van der Waals surface area contributed by atoms with E-state index in [1.807, 2.05) is 25.8 Å². The summed E-state index contributed by atoms with van der Waals surface area (Å²) in [4.78, 5) is 27.2. The van der Waals surface area contributed by atoms with E-state index in [-0.39, 0.29) is 29.8 Å². The van der Waals surface area contributed by atoms with Crippen LogP contribution < -0.4 is 5.32 Å². The van der Waals surface area contributed by atoms with E-state index in [0.29, 0.717) is 17.2 Å². The SMILES string of the molecule is Cc1coc(C)c1C(=O)N(C)C1CC(NC(=O)C2CC3CCC2CC3)C1. The van der Waals surface area contributed by atoms with Gasteiger partial charge < -0.3 is 14.6 Å². The molecule has 4 aliphatic carbocycles. The van der Waals surface area contributed by atoms with Gasteiger partial charge in [-0.15, -0.1) is 0 Å². The average molecular weight is 358 g/mol. The molecule has 4 saturated carbocycles. The fourth-order valence-corrected chi connectivity index (χ4v) is 5.26. The van der Waals surface area contributed by atoms with Crippen molar-refractivity contribution in [1.82, 2.24) is 10.2 Å². The summed E-state index contributed by atoms with van der Waals surface area (Å²) in [7, 11) is 1.86. The van der Waals surface area contributed by atoms with Gasteiger partial charge in [0, 0.05) is 30.6 Å². The van der Waals surface area contributed by atoms with E-state index in [4.69, 9.17) is 4.42 Å². The number of hydrogen-bond donors (Lipinski definition) is 1. The topological polar surface area (TPSA) is 62.6 Å². The first-order valence-corrected chi connectivity index (χ1v) is 10.1. The predicted molar refractivity (Wildman–Crippen MR) is 98.8 cm³/mol. The summed E-state index contributed by atoms with van der Waals surface area (Å²) in [6.45, 7) is 3.73. The third-order valence-corrected chi connectivity index (χ3v) is 7.08. The van der Waals surface area contributed by atoms with Gasteiger partial charge in [0.2, 0.25) is 5.91 Å². The van der Waals surface area contributed by atoms with Crippen LogP contribution in [0.25, 0.3) is 0 Å². The molecule has 1 aromatic rings. The lowest BCUT2D eigenvalue weighted by molar-refractivity contribution is -0.131. The maximum Gasteiger partial charge on any atom is 0.257 e. The molecule has 5 heteroatoms. The number of fused-ring (bicyclic) bond motifs is 3. The Balaban J connectivity index is 1.28. The van der Waals surface area contributed by atoms with E-state index < -0.39 is 0 Å². The molecule has 26 heavy (non-hydrogen) atoms. The predicted octanol–water partition coefficient (Wildman–Crippen LogP) is 3.44. The number of amides is 2. The maximum absolute atomic E-state index is 12.7. The molecule has 1 atom stereocenters.